The summed E-state index contributed by atoms with van der Waals surface area (Å²) in [4.78, 5) is 27.8. The zero-order chi connectivity index (χ0) is 22.7. The van der Waals surface area contributed by atoms with Crippen LogP contribution in [0.2, 0.25) is 0 Å². The maximum Gasteiger partial charge on any atom is 0.573 e. The maximum atomic E-state index is 12.8. The van der Waals surface area contributed by atoms with Crippen molar-refractivity contribution in [3.05, 3.63) is 41.7 Å². The van der Waals surface area contributed by atoms with Gasteiger partial charge in [0.05, 0.1) is 13.2 Å². The summed E-state index contributed by atoms with van der Waals surface area (Å²) >= 11 is 0. The Labute approximate surface area is 183 Å². The average Bonchev–Trinajstić information content (AvgIpc) is 2.78. The fourth-order valence-corrected chi connectivity index (χ4v) is 3.80. The Morgan fingerprint density at radius 1 is 0.969 bits per heavy atom. The number of anilines is 2. The molecule has 0 saturated carbocycles. The first-order valence-corrected chi connectivity index (χ1v) is 10.4. The number of benzene rings is 1. The number of ether oxygens (including phenoxy) is 2. The third-order valence-electron chi connectivity index (χ3n) is 5.35. The van der Waals surface area contributed by atoms with E-state index < -0.39 is 12.1 Å². The molecule has 3 heterocycles. The van der Waals surface area contributed by atoms with E-state index in [1.807, 2.05) is 13.0 Å². The van der Waals surface area contributed by atoms with E-state index in [9.17, 15) is 18.0 Å². The van der Waals surface area contributed by atoms with Crippen molar-refractivity contribution in [3.63, 3.8) is 0 Å². The van der Waals surface area contributed by atoms with Gasteiger partial charge in [-0.3, -0.25) is 4.79 Å². The molecule has 0 spiro atoms. The van der Waals surface area contributed by atoms with E-state index in [4.69, 9.17) is 4.74 Å². The summed E-state index contributed by atoms with van der Waals surface area (Å²) < 4.78 is 46.7. The predicted octanol–water partition coefficient (Wildman–Crippen LogP) is 2.48. The van der Waals surface area contributed by atoms with Crippen molar-refractivity contribution in [3.8, 4) is 5.75 Å². The molecule has 2 aromatic rings. The van der Waals surface area contributed by atoms with E-state index >= 15 is 0 Å². The van der Waals surface area contributed by atoms with Crippen LogP contribution in [0.1, 0.15) is 16.2 Å². The second kappa shape index (κ2) is 9.19. The number of hydrogen-bond donors (Lipinski definition) is 0. The number of halogens is 3. The highest BCUT2D eigenvalue weighted by atomic mass is 19.4. The molecule has 2 saturated heterocycles. The second-order valence-corrected chi connectivity index (χ2v) is 7.59. The minimum atomic E-state index is -4.80. The minimum absolute atomic E-state index is 0.160. The molecule has 11 heteroatoms. The highest BCUT2D eigenvalue weighted by molar-refractivity contribution is 5.94. The first-order valence-electron chi connectivity index (χ1n) is 10.4. The van der Waals surface area contributed by atoms with Gasteiger partial charge in [0.25, 0.3) is 5.91 Å². The van der Waals surface area contributed by atoms with Crippen molar-refractivity contribution >= 4 is 17.5 Å². The first-order chi connectivity index (χ1) is 15.3. The van der Waals surface area contributed by atoms with Crippen molar-refractivity contribution in [2.24, 2.45) is 0 Å². The molecule has 8 nitrogen and oxygen atoms in total. The van der Waals surface area contributed by atoms with E-state index in [-0.39, 0.29) is 11.5 Å². The van der Waals surface area contributed by atoms with Crippen LogP contribution >= 0.6 is 0 Å². The Morgan fingerprint density at radius 3 is 2.22 bits per heavy atom. The molecule has 2 fully saturated rings. The number of morpholine rings is 1. The Kier molecular flexibility index (Phi) is 6.35. The van der Waals surface area contributed by atoms with Gasteiger partial charge in [-0.25, -0.2) is 9.97 Å². The molecule has 0 bridgehead atoms. The van der Waals surface area contributed by atoms with Crippen LogP contribution in [-0.2, 0) is 4.74 Å². The molecule has 0 atom stereocenters. The maximum absolute atomic E-state index is 12.8. The van der Waals surface area contributed by atoms with Crippen molar-refractivity contribution < 1.29 is 27.4 Å². The van der Waals surface area contributed by atoms with Gasteiger partial charge < -0.3 is 24.2 Å². The lowest BCUT2D eigenvalue weighted by Crippen LogP contribution is -2.49. The lowest BCUT2D eigenvalue weighted by molar-refractivity contribution is -0.274. The van der Waals surface area contributed by atoms with Crippen molar-refractivity contribution in [2.45, 2.75) is 13.3 Å². The molecular formula is C21H24F3N5O3. The summed E-state index contributed by atoms with van der Waals surface area (Å²) in [6.07, 6.45) is -4.80. The van der Waals surface area contributed by atoms with Gasteiger partial charge in [0, 0.05) is 50.9 Å². The summed E-state index contributed by atoms with van der Waals surface area (Å²) in [5.41, 5.74) is 0.160. The van der Waals surface area contributed by atoms with E-state index in [1.54, 1.807) is 4.90 Å². The number of rotatable bonds is 4. The molecule has 172 valence electrons. The summed E-state index contributed by atoms with van der Waals surface area (Å²) in [6.45, 7) is 6.70. The van der Waals surface area contributed by atoms with Crippen molar-refractivity contribution in [2.75, 3.05) is 62.3 Å². The smallest absolute Gasteiger partial charge is 0.406 e. The molecule has 2 aliphatic rings. The molecule has 0 aliphatic carbocycles. The first kappa shape index (κ1) is 22.1. The Hall–Kier alpha value is -3.08. The summed E-state index contributed by atoms with van der Waals surface area (Å²) in [5, 5.41) is 0. The van der Waals surface area contributed by atoms with Gasteiger partial charge in [0.15, 0.2) is 0 Å². The number of amides is 1. The van der Waals surface area contributed by atoms with Crippen LogP contribution in [0.5, 0.6) is 5.75 Å². The molecule has 0 unspecified atom stereocenters. The lowest BCUT2D eigenvalue weighted by atomic mass is 10.1. The molecule has 2 aliphatic heterocycles. The number of piperazine rings is 1. The number of aryl methyl sites for hydroxylation is 1. The SMILES string of the molecule is Cc1nc(N2CCOCC2)cc(N2CCN(C(=O)c3cccc(OC(F)(F)F)c3)CC2)n1. The fraction of sp³-hybridized carbons (Fsp3) is 0.476. The standard InChI is InChI=1S/C21H24F3N5O3/c1-15-25-18(14-19(26-15)28-9-11-31-12-10-28)27-5-7-29(8-6-27)20(30)16-3-2-4-17(13-16)32-21(22,23)24/h2-4,13-14H,5-12H2,1H3. The summed E-state index contributed by atoms with van der Waals surface area (Å²) in [6, 6.07) is 7.10. The predicted molar refractivity (Wildman–Crippen MR) is 111 cm³/mol. The summed E-state index contributed by atoms with van der Waals surface area (Å²) in [5.74, 6) is 1.59. The monoisotopic (exact) mass is 451 g/mol. The minimum Gasteiger partial charge on any atom is -0.406 e. The van der Waals surface area contributed by atoms with Crippen LogP contribution in [0, 0.1) is 6.92 Å². The fourth-order valence-electron chi connectivity index (χ4n) is 3.80. The van der Waals surface area contributed by atoms with Gasteiger partial charge in [-0.05, 0) is 25.1 Å². The molecular weight excluding hydrogens is 427 g/mol. The highest BCUT2D eigenvalue weighted by Gasteiger charge is 2.31. The van der Waals surface area contributed by atoms with Crippen LogP contribution in [0.3, 0.4) is 0 Å². The Balaban J connectivity index is 1.41. The van der Waals surface area contributed by atoms with Gasteiger partial charge in [-0.2, -0.15) is 0 Å². The molecule has 1 aromatic heterocycles. The van der Waals surface area contributed by atoms with Gasteiger partial charge in [0.1, 0.15) is 23.2 Å². The van der Waals surface area contributed by atoms with Crippen molar-refractivity contribution in [1.82, 2.24) is 14.9 Å². The Morgan fingerprint density at radius 2 is 1.59 bits per heavy atom. The number of hydrogen-bond acceptors (Lipinski definition) is 7. The number of nitrogens with zero attached hydrogens (tertiary/aromatic N) is 5. The van der Waals surface area contributed by atoms with Crippen LogP contribution in [-0.4, -0.2) is 79.6 Å². The summed E-state index contributed by atoms with van der Waals surface area (Å²) in [7, 11) is 0. The van der Waals surface area contributed by atoms with Gasteiger partial charge in [0.2, 0.25) is 0 Å². The van der Waals surface area contributed by atoms with Crippen molar-refractivity contribution in [1.29, 1.82) is 0 Å². The average molecular weight is 451 g/mol. The highest BCUT2D eigenvalue weighted by Crippen LogP contribution is 2.25. The van der Waals surface area contributed by atoms with E-state index in [0.29, 0.717) is 45.2 Å². The second-order valence-electron chi connectivity index (χ2n) is 7.59. The number of carbonyl (C=O) groups is 1. The molecule has 1 amide bonds. The molecule has 1 aromatic carbocycles. The number of carbonyl (C=O) groups excluding carboxylic acids is 1. The van der Waals surface area contributed by atoms with Crippen LogP contribution in [0.4, 0.5) is 24.8 Å². The molecule has 32 heavy (non-hydrogen) atoms. The van der Waals surface area contributed by atoms with Gasteiger partial charge >= 0.3 is 6.36 Å². The number of aromatic nitrogens is 2. The van der Waals surface area contributed by atoms with E-state index in [1.165, 1.54) is 18.2 Å². The van der Waals surface area contributed by atoms with E-state index in [2.05, 4.69) is 24.5 Å². The molecule has 0 radical (unpaired) electrons. The quantitative estimate of drug-likeness (QED) is 0.707. The number of alkyl halides is 3. The lowest BCUT2D eigenvalue weighted by Gasteiger charge is -2.36. The zero-order valence-electron chi connectivity index (χ0n) is 17.6. The van der Waals surface area contributed by atoms with Crippen LogP contribution in [0.15, 0.2) is 30.3 Å². The van der Waals surface area contributed by atoms with Gasteiger partial charge in [-0.1, -0.05) is 6.07 Å². The molecule has 0 N–H and O–H groups in total. The van der Waals surface area contributed by atoms with Gasteiger partial charge in [-0.15, -0.1) is 13.2 Å². The Bertz CT molecular complexity index is 958. The normalized spacial score (nSPS) is 17.4. The zero-order valence-corrected chi connectivity index (χ0v) is 17.6. The molecule has 4 rings (SSSR count). The van der Waals surface area contributed by atoms with Crippen LogP contribution in [0.25, 0.3) is 0 Å². The van der Waals surface area contributed by atoms with E-state index in [0.717, 1.165) is 30.8 Å². The third-order valence-corrected chi connectivity index (χ3v) is 5.35. The third kappa shape index (κ3) is 5.39. The largest absolute Gasteiger partial charge is 0.573 e. The topological polar surface area (TPSA) is 71.0 Å². The van der Waals surface area contributed by atoms with Crippen LogP contribution < -0.4 is 14.5 Å².